The van der Waals surface area contributed by atoms with Gasteiger partial charge >= 0.3 is 0 Å². The van der Waals surface area contributed by atoms with E-state index in [0.29, 0.717) is 29.7 Å². The van der Waals surface area contributed by atoms with Crippen LogP contribution in [-0.2, 0) is 11.2 Å². The molecule has 0 saturated heterocycles. The molecule has 6 heteroatoms. The van der Waals surface area contributed by atoms with Crippen LogP contribution in [0.5, 0.6) is 11.5 Å². The second kappa shape index (κ2) is 7.09. The summed E-state index contributed by atoms with van der Waals surface area (Å²) < 4.78 is 23.9. The van der Waals surface area contributed by atoms with Gasteiger partial charge < -0.3 is 14.8 Å². The summed E-state index contributed by atoms with van der Waals surface area (Å²) >= 11 is 6.18. The first-order valence-electron chi connectivity index (χ1n) is 7.66. The highest BCUT2D eigenvalue weighted by molar-refractivity contribution is 6.32. The lowest BCUT2D eigenvalue weighted by molar-refractivity contribution is -0.121. The van der Waals surface area contributed by atoms with Gasteiger partial charge in [0.05, 0.1) is 17.5 Å². The molecule has 1 aliphatic rings. The summed E-state index contributed by atoms with van der Waals surface area (Å²) in [5.74, 6) is 0.623. The third-order valence-corrected chi connectivity index (χ3v) is 4.05. The summed E-state index contributed by atoms with van der Waals surface area (Å²) in [5.41, 5.74) is 1.58. The molecule has 0 saturated carbocycles. The topological polar surface area (TPSA) is 47.6 Å². The monoisotopic (exact) mass is 349 g/mol. The molecule has 2 aromatic rings. The summed E-state index contributed by atoms with van der Waals surface area (Å²) in [6.45, 7) is 2.77. The number of ether oxygens (including phenoxy) is 2. The summed E-state index contributed by atoms with van der Waals surface area (Å²) in [6.07, 6.45) is 0.169. The highest BCUT2D eigenvalue weighted by Crippen LogP contribution is 2.38. The number of nitrogens with one attached hydrogen (secondary N) is 1. The van der Waals surface area contributed by atoms with Crippen LogP contribution in [0.3, 0.4) is 0 Å². The van der Waals surface area contributed by atoms with Crippen molar-refractivity contribution in [3.8, 4) is 11.5 Å². The Bertz CT molecular complexity index is 749. The van der Waals surface area contributed by atoms with Gasteiger partial charge in [-0.1, -0.05) is 23.7 Å². The highest BCUT2D eigenvalue weighted by Gasteiger charge is 2.18. The lowest BCUT2D eigenvalue weighted by Gasteiger charge is -2.20. The zero-order valence-corrected chi connectivity index (χ0v) is 13.9. The minimum Gasteiger partial charge on any atom is -0.486 e. The molecule has 1 heterocycles. The molecule has 0 bridgehead atoms. The van der Waals surface area contributed by atoms with Crippen LogP contribution in [0.2, 0.25) is 5.02 Å². The van der Waals surface area contributed by atoms with Crippen molar-refractivity contribution in [3.05, 3.63) is 58.4 Å². The molecule has 4 nitrogen and oxygen atoms in total. The van der Waals surface area contributed by atoms with Crippen molar-refractivity contribution in [1.82, 2.24) is 5.32 Å². The van der Waals surface area contributed by atoms with Crippen LogP contribution in [0, 0.1) is 5.82 Å². The average molecular weight is 350 g/mol. The van der Waals surface area contributed by atoms with Crippen LogP contribution < -0.4 is 14.8 Å². The summed E-state index contributed by atoms with van der Waals surface area (Å²) in [4.78, 5) is 12.2. The van der Waals surface area contributed by atoms with E-state index in [1.807, 2.05) is 6.92 Å². The van der Waals surface area contributed by atoms with Crippen molar-refractivity contribution in [2.75, 3.05) is 13.2 Å². The zero-order valence-electron chi connectivity index (χ0n) is 13.1. The molecule has 2 aromatic carbocycles. The molecule has 1 N–H and O–H groups in total. The van der Waals surface area contributed by atoms with Crippen LogP contribution in [0.25, 0.3) is 0 Å². The van der Waals surface area contributed by atoms with E-state index in [-0.39, 0.29) is 24.2 Å². The Labute approximate surface area is 144 Å². The average Bonchev–Trinajstić information content (AvgIpc) is 2.55. The maximum Gasteiger partial charge on any atom is 0.224 e. The van der Waals surface area contributed by atoms with Crippen molar-refractivity contribution in [2.24, 2.45) is 0 Å². The van der Waals surface area contributed by atoms with E-state index in [1.54, 1.807) is 24.3 Å². The lowest BCUT2D eigenvalue weighted by atomic mass is 10.1. The maximum atomic E-state index is 13.0. The van der Waals surface area contributed by atoms with Gasteiger partial charge in [-0.05, 0) is 42.3 Å². The Kier molecular flexibility index (Phi) is 4.90. The number of halogens is 2. The highest BCUT2D eigenvalue weighted by atomic mass is 35.5. The molecule has 24 heavy (non-hydrogen) atoms. The molecule has 126 valence electrons. The molecular weight excluding hydrogens is 333 g/mol. The van der Waals surface area contributed by atoms with Gasteiger partial charge in [-0.2, -0.15) is 0 Å². The fourth-order valence-corrected chi connectivity index (χ4v) is 2.87. The molecule has 0 spiro atoms. The Morgan fingerprint density at radius 3 is 2.71 bits per heavy atom. The van der Waals surface area contributed by atoms with E-state index >= 15 is 0 Å². The number of fused-ring (bicyclic) bond motifs is 1. The van der Waals surface area contributed by atoms with E-state index in [1.165, 1.54) is 12.1 Å². The number of hydrogen-bond acceptors (Lipinski definition) is 3. The molecule has 1 atom stereocenters. The van der Waals surface area contributed by atoms with Gasteiger partial charge in [0, 0.05) is 0 Å². The Balaban J connectivity index is 1.66. The number of hydrogen-bond donors (Lipinski definition) is 1. The standard InChI is InChI=1S/C18H17ClFNO3/c1-11(13-2-4-14(20)5-3-13)21-17(22)10-12-8-15(19)18-16(9-12)23-6-7-24-18/h2-5,8-9,11H,6-7,10H2,1H3,(H,21,22). The number of benzene rings is 2. The number of rotatable bonds is 4. The third kappa shape index (κ3) is 3.79. The van der Waals surface area contributed by atoms with Gasteiger partial charge in [-0.25, -0.2) is 4.39 Å². The SMILES string of the molecule is CC(NC(=O)Cc1cc(Cl)c2c(c1)OCCO2)c1ccc(F)cc1. The minimum atomic E-state index is -0.303. The van der Waals surface area contributed by atoms with Crippen molar-refractivity contribution in [3.63, 3.8) is 0 Å². The predicted molar refractivity (Wildman–Crippen MR) is 89.1 cm³/mol. The minimum absolute atomic E-state index is 0.153. The second-order valence-corrected chi connectivity index (χ2v) is 6.03. The molecule has 3 rings (SSSR count). The predicted octanol–water partition coefficient (Wildman–Crippen LogP) is 3.67. The smallest absolute Gasteiger partial charge is 0.224 e. The zero-order chi connectivity index (χ0) is 17.1. The summed E-state index contributed by atoms with van der Waals surface area (Å²) in [6, 6.07) is 9.31. The largest absolute Gasteiger partial charge is 0.486 e. The Hall–Kier alpha value is -2.27. The van der Waals surface area contributed by atoms with Crippen molar-refractivity contribution in [1.29, 1.82) is 0 Å². The molecule has 0 aromatic heterocycles. The molecule has 1 aliphatic heterocycles. The van der Waals surface area contributed by atoms with E-state index in [9.17, 15) is 9.18 Å². The molecule has 0 fully saturated rings. The molecule has 1 amide bonds. The van der Waals surface area contributed by atoms with Gasteiger partial charge in [0.1, 0.15) is 19.0 Å². The van der Waals surface area contributed by atoms with Gasteiger partial charge in [-0.15, -0.1) is 0 Å². The van der Waals surface area contributed by atoms with Gasteiger partial charge in [0.15, 0.2) is 11.5 Å². The van der Waals surface area contributed by atoms with Gasteiger partial charge in [0.2, 0.25) is 5.91 Å². The fraction of sp³-hybridized carbons (Fsp3) is 0.278. The third-order valence-electron chi connectivity index (χ3n) is 3.77. The van der Waals surface area contributed by atoms with Crippen LogP contribution in [0.4, 0.5) is 4.39 Å². The summed E-state index contributed by atoms with van der Waals surface area (Å²) in [7, 11) is 0. The van der Waals surface area contributed by atoms with Crippen LogP contribution in [0.1, 0.15) is 24.1 Å². The molecular formula is C18H17ClFNO3. The number of carbonyl (C=O) groups excluding carboxylic acids is 1. The van der Waals surface area contributed by atoms with Gasteiger partial charge in [-0.3, -0.25) is 4.79 Å². The normalized spacial score (nSPS) is 14.1. The molecule has 0 aliphatic carbocycles. The van der Waals surface area contributed by atoms with Crippen LogP contribution in [0.15, 0.2) is 36.4 Å². The van der Waals surface area contributed by atoms with Crippen molar-refractivity contribution >= 4 is 17.5 Å². The van der Waals surface area contributed by atoms with E-state index in [2.05, 4.69) is 5.32 Å². The molecule has 1 unspecified atom stereocenters. The van der Waals surface area contributed by atoms with Crippen LogP contribution in [-0.4, -0.2) is 19.1 Å². The fourth-order valence-electron chi connectivity index (χ4n) is 2.58. The van der Waals surface area contributed by atoms with E-state index in [4.69, 9.17) is 21.1 Å². The quantitative estimate of drug-likeness (QED) is 0.916. The second-order valence-electron chi connectivity index (χ2n) is 5.62. The Morgan fingerprint density at radius 2 is 1.96 bits per heavy atom. The van der Waals surface area contributed by atoms with E-state index < -0.39 is 0 Å². The van der Waals surface area contributed by atoms with Gasteiger partial charge in [0.25, 0.3) is 0 Å². The first-order chi connectivity index (χ1) is 11.5. The van der Waals surface area contributed by atoms with Crippen molar-refractivity contribution in [2.45, 2.75) is 19.4 Å². The first kappa shape index (κ1) is 16.6. The Morgan fingerprint density at radius 1 is 1.25 bits per heavy atom. The first-order valence-corrected chi connectivity index (χ1v) is 8.03. The van der Waals surface area contributed by atoms with E-state index in [0.717, 1.165) is 11.1 Å². The maximum absolute atomic E-state index is 13.0. The van der Waals surface area contributed by atoms with Crippen LogP contribution >= 0.6 is 11.6 Å². The lowest BCUT2D eigenvalue weighted by Crippen LogP contribution is -2.28. The summed E-state index contributed by atoms with van der Waals surface area (Å²) in [5, 5.41) is 3.32. The van der Waals surface area contributed by atoms with Crippen molar-refractivity contribution < 1.29 is 18.7 Å². The molecule has 0 radical (unpaired) electrons. The number of carbonyl (C=O) groups is 1. The number of amides is 1.